The summed E-state index contributed by atoms with van der Waals surface area (Å²) < 4.78 is 0. The van der Waals surface area contributed by atoms with Gasteiger partial charge in [-0.1, -0.05) is 48.5 Å². The van der Waals surface area contributed by atoms with Gasteiger partial charge in [-0.05, 0) is 47.4 Å². The van der Waals surface area contributed by atoms with Crippen LogP contribution in [0.25, 0.3) is 10.8 Å². The molecule has 3 aromatic carbocycles. The maximum absolute atomic E-state index is 12.5. The molecule has 2 nitrogen and oxygen atoms in total. The number of rotatable bonds is 2. The van der Waals surface area contributed by atoms with Gasteiger partial charge in [0.05, 0.1) is 5.25 Å². The molecule has 3 heteroatoms. The lowest BCUT2D eigenvalue weighted by Gasteiger charge is -2.13. The Morgan fingerprint density at radius 3 is 2.61 bits per heavy atom. The second kappa shape index (κ2) is 6.09. The van der Waals surface area contributed by atoms with Crippen molar-refractivity contribution in [2.24, 2.45) is 0 Å². The number of carbonyl (C=O) groups excluding carboxylic acids is 1. The van der Waals surface area contributed by atoms with Gasteiger partial charge >= 0.3 is 0 Å². The van der Waals surface area contributed by atoms with Gasteiger partial charge in [-0.3, -0.25) is 4.79 Å². The summed E-state index contributed by atoms with van der Waals surface area (Å²) in [6.45, 7) is 0. The third kappa shape index (κ3) is 2.97. The van der Waals surface area contributed by atoms with Crippen molar-refractivity contribution in [2.45, 2.75) is 23.0 Å². The van der Waals surface area contributed by atoms with Gasteiger partial charge in [0.25, 0.3) is 0 Å². The standard InChI is InChI=1S/C20H17NOS/c22-20-19(12-10-15-6-3-4-8-18(15)21-20)23-17-11-9-14-5-1-2-7-16(14)13-17/h1-9,11,13,19H,10,12H2,(H,21,22)/t19-/m0/s1. The Balaban J connectivity index is 1.57. The van der Waals surface area contributed by atoms with E-state index in [0.717, 1.165) is 23.4 Å². The Labute approximate surface area is 139 Å². The van der Waals surface area contributed by atoms with Gasteiger partial charge in [0.1, 0.15) is 0 Å². The molecule has 1 aliphatic heterocycles. The number of amides is 1. The molecule has 0 saturated heterocycles. The molecule has 0 aromatic heterocycles. The van der Waals surface area contributed by atoms with Gasteiger partial charge in [0.2, 0.25) is 5.91 Å². The topological polar surface area (TPSA) is 29.1 Å². The molecule has 0 bridgehead atoms. The summed E-state index contributed by atoms with van der Waals surface area (Å²) in [6.07, 6.45) is 1.79. The zero-order valence-corrected chi connectivity index (χ0v) is 13.5. The first-order valence-corrected chi connectivity index (χ1v) is 8.72. The maximum atomic E-state index is 12.5. The Morgan fingerprint density at radius 1 is 0.913 bits per heavy atom. The molecule has 1 heterocycles. The van der Waals surface area contributed by atoms with E-state index in [2.05, 4.69) is 41.7 Å². The van der Waals surface area contributed by atoms with E-state index in [1.54, 1.807) is 11.8 Å². The summed E-state index contributed by atoms with van der Waals surface area (Å²) >= 11 is 1.66. The van der Waals surface area contributed by atoms with Gasteiger partial charge in [0.15, 0.2) is 0 Å². The van der Waals surface area contributed by atoms with Crippen molar-refractivity contribution >= 4 is 34.1 Å². The maximum Gasteiger partial charge on any atom is 0.237 e. The number of fused-ring (bicyclic) bond motifs is 2. The van der Waals surface area contributed by atoms with Crippen LogP contribution in [0.1, 0.15) is 12.0 Å². The normalized spacial score (nSPS) is 17.4. The smallest absolute Gasteiger partial charge is 0.237 e. The molecule has 1 aliphatic rings. The number of carbonyl (C=O) groups is 1. The summed E-state index contributed by atoms with van der Waals surface area (Å²) in [5.74, 6) is 0.105. The van der Waals surface area contributed by atoms with E-state index in [-0.39, 0.29) is 11.2 Å². The fourth-order valence-corrected chi connectivity index (χ4v) is 4.08. The lowest BCUT2D eigenvalue weighted by molar-refractivity contribution is -0.115. The van der Waals surface area contributed by atoms with Crippen molar-refractivity contribution in [1.29, 1.82) is 0 Å². The van der Waals surface area contributed by atoms with Gasteiger partial charge in [0, 0.05) is 10.6 Å². The average molecular weight is 319 g/mol. The Kier molecular flexibility index (Phi) is 3.80. The lowest BCUT2D eigenvalue weighted by Crippen LogP contribution is -2.23. The van der Waals surface area contributed by atoms with Crippen molar-refractivity contribution in [3.63, 3.8) is 0 Å². The third-order valence-electron chi connectivity index (χ3n) is 4.24. The van der Waals surface area contributed by atoms with Gasteiger partial charge in [-0.2, -0.15) is 0 Å². The second-order valence-electron chi connectivity index (χ2n) is 5.80. The molecule has 114 valence electrons. The molecule has 0 fully saturated rings. The zero-order valence-electron chi connectivity index (χ0n) is 12.7. The Hall–Kier alpha value is -2.26. The highest BCUT2D eigenvalue weighted by Gasteiger charge is 2.24. The molecule has 0 saturated carbocycles. The van der Waals surface area contributed by atoms with Crippen LogP contribution < -0.4 is 5.32 Å². The largest absolute Gasteiger partial charge is 0.325 e. The van der Waals surface area contributed by atoms with Crippen LogP contribution in [0.5, 0.6) is 0 Å². The highest BCUT2D eigenvalue weighted by atomic mass is 32.2. The molecule has 3 aromatic rings. The Morgan fingerprint density at radius 2 is 1.70 bits per heavy atom. The van der Waals surface area contributed by atoms with Gasteiger partial charge < -0.3 is 5.32 Å². The van der Waals surface area contributed by atoms with Crippen molar-refractivity contribution in [3.8, 4) is 0 Å². The van der Waals surface area contributed by atoms with Crippen molar-refractivity contribution in [1.82, 2.24) is 0 Å². The van der Waals surface area contributed by atoms with E-state index in [4.69, 9.17) is 0 Å². The highest BCUT2D eigenvalue weighted by Crippen LogP contribution is 2.32. The summed E-state index contributed by atoms with van der Waals surface area (Å²) in [4.78, 5) is 13.7. The van der Waals surface area contributed by atoms with Crippen LogP contribution in [0.15, 0.2) is 71.6 Å². The van der Waals surface area contributed by atoms with E-state index in [9.17, 15) is 4.79 Å². The summed E-state index contributed by atoms with van der Waals surface area (Å²) in [7, 11) is 0. The second-order valence-corrected chi connectivity index (χ2v) is 7.08. The minimum Gasteiger partial charge on any atom is -0.325 e. The predicted octanol–water partition coefficient (Wildman–Crippen LogP) is 4.89. The highest BCUT2D eigenvalue weighted by molar-refractivity contribution is 8.00. The van der Waals surface area contributed by atoms with E-state index in [1.807, 2.05) is 30.3 Å². The van der Waals surface area contributed by atoms with Crippen LogP contribution in [0.3, 0.4) is 0 Å². The quantitative estimate of drug-likeness (QED) is 0.729. The number of benzene rings is 3. The predicted molar refractivity (Wildman–Crippen MR) is 97.0 cm³/mol. The molecule has 1 N–H and O–H groups in total. The lowest BCUT2D eigenvalue weighted by atomic mass is 10.1. The van der Waals surface area contributed by atoms with Gasteiger partial charge in [-0.25, -0.2) is 0 Å². The number of nitrogens with one attached hydrogen (secondary N) is 1. The van der Waals surface area contributed by atoms with Crippen molar-refractivity contribution < 1.29 is 4.79 Å². The number of aryl methyl sites for hydroxylation is 1. The third-order valence-corrected chi connectivity index (χ3v) is 5.50. The van der Waals surface area contributed by atoms with Crippen molar-refractivity contribution in [3.05, 3.63) is 72.3 Å². The minimum absolute atomic E-state index is 0.0523. The zero-order chi connectivity index (χ0) is 15.6. The molecule has 23 heavy (non-hydrogen) atoms. The van der Waals surface area contributed by atoms with E-state index in [1.165, 1.54) is 16.3 Å². The molecular weight excluding hydrogens is 302 g/mol. The number of hydrogen-bond donors (Lipinski definition) is 1. The first-order valence-electron chi connectivity index (χ1n) is 7.84. The summed E-state index contributed by atoms with van der Waals surface area (Å²) in [5, 5.41) is 5.47. The molecule has 4 rings (SSSR count). The van der Waals surface area contributed by atoms with E-state index >= 15 is 0 Å². The molecule has 1 amide bonds. The van der Waals surface area contributed by atoms with Crippen LogP contribution in [-0.4, -0.2) is 11.2 Å². The summed E-state index contributed by atoms with van der Waals surface area (Å²) in [6, 6.07) is 22.8. The first kappa shape index (κ1) is 14.3. The summed E-state index contributed by atoms with van der Waals surface area (Å²) in [5.41, 5.74) is 2.18. The molecular formula is C20H17NOS. The number of para-hydroxylation sites is 1. The average Bonchev–Trinajstić information content (AvgIpc) is 2.74. The molecule has 0 aliphatic carbocycles. The molecule has 1 atom stereocenters. The van der Waals surface area contributed by atoms with E-state index in [0.29, 0.717) is 0 Å². The van der Waals surface area contributed by atoms with Crippen LogP contribution in [0.4, 0.5) is 5.69 Å². The Bertz CT molecular complexity index is 874. The number of anilines is 1. The van der Waals surface area contributed by atoms with Crippen molar-refractivity contribution in [2.75, 3.05) is 5.32 Å². The SMILES string of the molecule is O=C1Nc2ccccc2CC[C@@H]1Sc1ccc2ccccc2c1. The monoisotopic (exact) mass is 319 g/mol. The van der Waals surface area contributed by atoms with E-state index < -0.39 is 0 Å². The van der Waals surface area contributed by atoms with Crippen LogP contribution in [0, 0.1) is 0 Å². The van der Waals surface area contributed by atoms with Crippen LogP contribution in [-0.2, 0) is 11.2 Å². The first-order chi connectivity index (χ1) is 11.3. The fraction of sp³-hybridized carbons (Fsp3) is 0.150. The minimum atomic E-state index is -0.0523. The number of thioether (sulfide) groups is 1. The molecule has 0 spiro atoms. The molecule has 0 unspecified atom stereocenters. The van der Waals surface area contributed by atoms with Crippen LogP contribution in [0.2, 0.25) is 0 Å². The van der Waals surface area contributed by atoms with Crippen LogP contribution >= 0.6 is 11.8 Å². The fourth-order valence-electron chi connectivity index (χ4n) is 3.01. The number of hydrogen-bond acceptors (Lipinski definition) is 2. The van der Waals surface area contributed by atoms with Gasteiger partial charge in [-0.15, -0.1) is 11.8 Å². The molecule has 0 radical (unpaired) electrons.